The smallest absolute Gasteiger partial charge is 0.326 e. The summed E-state index contributed by atoms with van der Waals surface area (Å²) in [6, 6.07) is 4.26. The van der Waals surface area contributed by atoms with E-state index in [9.17, 15) is 14.4 Å². The largest absolute Gasteiger partial charge is 0.480 e. The van der Waals surface area contributed by atoms with Crippen molar-refractivity contribution in [2.24, 2.45) is 5.73 Å². The zero-order chi connectivity index (χ0) is 16.7. The van der Waals surface area contributed by atoms with Crippen molar-refractivity contribution in [3.05, 3.63) is 35.4 Å². The SMILES string of the molecule is CC(C(=O)O)N1C(=O)NC(C)(c2ccc(C(=N)N)cc2)C1=O. The number of carboxylic acid groups (broad SMARTS) is 1. The van der Waals surface area contributed by atoms with Gasteiger partial charge in [0.2, 0.25) is 0 Å². The van der Waals surface area contributed by atoms with Gasteiger partial charge in [-0.2, -0.15) is 0 Å². The Labute approximate surface area is 126 Å². The molecule has 0 aromatic heterocycles. The average Bonchev–Trinajstić information content (AvgIpc) is 2.69. The summed E-state index contributed by atoms with van der Waals surface area (Å²) in [5, 5.41) is 18.9. The molecule has 0 bridgehead atoms. The fourth-order valence-electron chi connectivity index (χ4n) is 2.30. The van der Waals surface area contributed by atoms with Gasteiger partial charge in [-0.05, 0) is 19.4 Å². The summed E-state index contributed by atoms with van der Waals surface area (Å²) in [5.74, 6) is -2.01. The average molecular weight is 304 g/mol. The van der Waals surface area contributed by atoms with Gasteiger partial charge in [-0.1, -0.05) is 24.3 Å². The summed E-state index contributed by atoms with van der Waals surface area (Å²) < 4.78 is 0. The number of urea groups is 1. The normalized spacial score (nSPS) is 22.4. The van der Waals surface area contributed by atoms with Crippen LogP contribution in [0.2, 0.25) is 0 Å². The lowest BCUT2D eigenvalue weighted by Gasteiger charge is -2.23. The second-order valence-electron chi connectivity index (χ2n) is 5.24. The molecule has 3 amide bonds. The molecule has 1 aromatic carbocycles. The minimum absolute atomic E-state index is 0.111. The van der Waals surface area contributed by atoms with Crippen LogP contribution < -0.4 is 11.1 Å². The minimum atomic E-state index is -1.35. The third kappa shape index (κ3) is 2.28. The Kier molecular flexibility index (Phi) is 3.62. The van der Waals surface area contributed by atoms with E-state index >= 15 is 0 Å². The molecule has 0 radical (unpaired) electrons. The maximum Gasteiger partial charge on any atom is 0.326 e. The molecule has 2 rings (SSSR count). The predicted molar refractivity (Wildman–Crippen MR) is 77.3 cm³/mol. The van der Waals surface area contributed by atoms with Crippen LogP contribution in [0.3, 0.4) is 0 Å². The molecule has 0 aliphatic carbocycles. The number of imide groups is 1. The van der Waals surface area contributed by atoms with Crippen molar-refractivity contribution in [3.8, 4) is 0 Å². The Morgan fingerprint density at radius 1 is 1.36 bits per heavy atom. The van der Waals surface area contributed by atoms with Gasteiger partial charge in [-0.3, -0.25) is 10.2 Å². The lowest BCUT2D eigenvalue weighted by molar-refractivity contribution is -0.147. The molecule has 2 unspecified atom stereocenters. The number of nitrogens with two attached hydrogens (primary N) is 1. The first-order valence-electron chi connectivity index (χ1n) is 6.52. The molecule has 1 aliphatic heterocycles. The van der Waals surface area contributed by atoms with E-state index in [4.69, 9.17) is 16.2 Å². The number of aliphatic carboxylic acids is 1. The van der Waals surface area contributed by atoms with Crippen LogP contribution >= 0.6 is 0 Å². The second kappa shape index (κ2) is 5.14. The lowest BCUT2D eigenvalue weighted by atomic mass is 9.91. The summed E-state index contributed by atoms with van der Waals surface area (Å²) in [5.41, 5.74) is 4.99. The van der Waals surface area contributed by atoms with Crippen molar-refractivity contribution < 1.29 is 19.5 Å². The highest BCUT2D eigenvalue weighted by Gasteiger charge is 2.51. The van der Waals surface area contributed by atoms with Crippen molar-refractivity contribution in [2.75, 3.05) is 0 Å². The zero-order valence-corrected chi connectivity index (χ0v) is 12.1. The third-order valence-electron chi connectivity index (χ3n) is 3.74. The van der Waals surface area contributed by atoms with Gasteiger partial charge in [-0.25, -0.2) is 14.5 Å². The second-order valence-corrected chi connectivity index (χ2v) is 5.24. The van der Waals surface area contributed by atoms with Crippen LogP contribution in [0.4, 0.5) is 4.79 Å². The van der Waals surface area contributed by atoms with E-state index in [2.05, 4.69) is 5.32 Å². The van der Waals surface area contributed by atoms with Crippen LogP contribution in [0, 0.1) is 5.41 Å². The van der Waals surface area contributed by atoms with E-state index in [0.29, 0.717) is 16.0 Å². The van der Waals surface area contributed by atoms with E-state index in [0.717, 1.165) is 0 Å². The van der Waals surface area contributed by atoms with Crippen LogP contribution in [0.1, 0.15) is 25.0 Å². The highest BCUT2D eigenvalue weighted by atomic mass is 16.4. The first-order valence-corrected chi connectivity index (χ1v) is 6.52. The van der Waals surface area contributed by atoms with Gasteiger partial charge in [0.05, 0.1) is 0 Å². The fourth-order valence-corrected chi connectivity index (χ4v) is 2.30. The van der Waals surface area contributed by atoms with Gasteiger partial charge >= 0.3 is 12.0 Å². The van der Waals surface area contributed by atoms with Crippen LogP contribution in [0.15, 0.2) is 24.3 Å². The first-order chi connectivity index (χ1) is 10.2. The van der Waals surface area contributed by atoms with Gasteiger partial charge in [0, 0.05) is 5.56 Å². The third-order valence-corrected chi connectivity index (χ3v) is 3.74. The summed E-state index contributed by atoms with van der Waals surface area (Å²) >= 11 is 0. The fraction of sp³-hybridized carbons (Fsp3) is 0.286. The maximum atomic E-state index is 12.5. The Bertz CT molecular complexity index is 670. The number of nitrogen functional groups attached to an aromatic ring is 1. The standard InChI is InChI=1S/C14H16N4O4/c1-7(11(19)20)18-12(21)14(2,17-13(18)22)9-5-3-8(4-6-9)10(15)16/h3-7H,1-2H3,(H3,15,16)(H,17,22)(H,19,20). The molecule has 0 spiro atoms. The van der Waals surface area contributed by atoms with Gasteiger partial charge in [-0.15, -0.1) is 0 Å². The number of nitrogens with zero attached hydrogens (tertiary/aromatic N) is 1. The summed E-state index contributed by atoms with van der Waals surface area (Å²) in [7, 11) is 0. The number of amides is 3. The summed E-state index contributed by atoms with van der Waals surface area (Å²) in [6.45, 7) is 2.77. The van der Waals surface area contributed by atoms with Crippen molar-refractivity contribution in [1.82, 2.24) is 10.2 Å². The van der Waals surface area contributed by atoms with Crippen LogP contribution in [0.25, 0.3) is 0 Å². The van der Waals surface area contributed by atoms with Crippen LogP contribution in [-0.4, -0.2) is 39.8 Å². The maximum absolute atomic E-state index is 12.5. The van der Waals surface area contributed by atoms with Gasteiger partial charge < -0.3 is 16.2 Å². The highest BCUT2D eigenvalue weighted by molar-refractivity contribution is 6.09. The molecular weight excluding hydrogens is 288 g/mol. The molecule has 22 heavy (non-hydrogen) atoms. The van der Waals surface area contributed by atoms with Crippen molar-refractivity contribution >= 4 is 23.7 Å². The number of rotatable bonds is 4. The van der Waals surface area contributed by atoms with E-state index in [-0.39, 0.29) is 5.84 Å². The Morgan fingerprint density at radius 2 is 1.91 bits per heavy atom. The monoisotopic (exact) mass is 304 g/mol. The molecular formula is C14H16N4O4. The Balaban J connectivity index is 2.38. The molecule has 116 valence electrons. The number of hydrogen-bond acceptors (Lipinski definition) is 4. The molecule has 2 atom stereocenters. The Morgan fingerprint density at radius 3 is 2.36 bits per heavy atom. The van der Waals surface area contributed by atoms with Crippen molar-refractivity contribution in [3.63, 3.8) is 0 Å². The predicted octanol–water partition coefficient (Wildman–Crippen LogP) is 0.211. The molecule has 1 heterocycles. The van der Waals surface area contributed by atoms with Crippen molar-refractivity contribution in [1.29, 1.82) is 5.41 Å². The van der Waals surface area contributed by atoms with E-state index in [1.165, 1.54) is 13.8 Å². The van der Waals surface area contributed by atoms with E-state index in [1.807, 2.05) is 0 Å². The topological polar surface area (TPSA) is 137 Å². The number of amidine groups is 1. The summed E-state index contributed by atoms with van der Waals surface area (Å²) in [4.78, 5) is 36.2. The summed E-state index contributed by atoms with van der Waals surface area (Å²) in [6.07, 6.45) is 0. The number of carbonyl (C=O) groups excluding carboxylic acids is 2. The lowest BCUT2D eigenvalue weighted by Crippen LogP contribution is -2.45. The van der Waals surface area contributed by atoms with E-state index < -0.39 is 29.5 Å². The Hall–Kier alpha value is -2.90. The van der Waals surface area contributed by atoms with Gasteiger partial charge in [0.1, 0.15) is 17.4 Å². The van der Waals surface area contributed by atoms with Crippen LogP contribution in [0.5, 0.6) is 0 Å². The van der Waals surface area contributed by atoms with Crippen LogP contribution in [-0.2, 0) is 15.1 Å². The minimum Gasteiger partial charge on any atom is -0.480 e. The molecule has 0 saturated carbocycles. The van der Waals surface area contributed by atoms with Crippen molar-refractivity contribution in [2.45, 2.75) is 25.4 Å². The van der Waals surface area contributed by atoms with E-state index in [1.54, 1.807) is 24.3 Å². The molecule has 1 fully saturated rings. The highest BCUT2D eigenvalue weighted by Crippen LogP contribution is 2.30. The quantitative estimate of drug-likeness (QED) is 0.358. The molecule has 1 saturated heterocycles. The number of carbonyl (C=O) groups is 3. The van der Waals surface area contributed by atoms with Gasteiger partial charge in [0.25, 0.3) is 5.91 Å². The first kappa shape index (κ1) is 15.5. The molecule has 8 nitrogen and oxygen atoms in total. The zero-order valence-electron chi connectivity index (χ0n) is 12.1. The molecule has 5 N–H and O–H groups in total. The number of benzene rings is 1. The molecule has 1 aliphatic rings. The number of carboxylic acids is 1. The number of nitrogens with one attached hydrogen (secondary N) is 2. The van der Waals surface area contributed by atoms with Gasteiger partial charge in [0.15, 0.2) is 0 Å². The molecule has 1 aromatic rings. The number of hydrogen-bond donors (Lipinski definition) is 4. The molecule has 8 heteroatoms.